The predicted octanol–water partition coefficient (Wildman–Crippen LogP) is 9.32. The Balaban J connectivity index is 1.42. The molecule has 71 heavy (non-hydrogen) atoms. The molecule has 1 aromatic heterocycles. The Labute approximate surface area is 419 Å². The van der Waals surface area contributed by atoms with Gasteiger partial charge in [0.25, 0.3) is 0 Å². The van der Waals surface area contributed by atoms with E-state index in [0.717, 1.165) is 75.0 Å². The van der Waals surface area contributed by atoms with Crippen LogP contribution in [0.25, 0.3) is 0 Å². The number of nitrogen functional groups attached to an aromatic ring is 1. The predicted molar refractivity (Wildman–Crippen MR) is 270 cm³/mol. The number of phosphoric ester groups is 2. The molecule has 2 aliphatic rings. The number of aliphatic hydroxyl groups is 2. The Morgan fingerprint density at radius 3 is 1.97 bits per heavy atom. The third-order valence-corrected chi connectivity index (χ3v) is 14.1. The smallest absolute Gasteiger partial charge is 0.462 e. The first-order valence-corrected chi connectivity index (χ1v) is 28.4. The van der Waals surface area contributed by atoms with Crippen LogP contribution in [-0.2, 0) is 51.0 Å². The SMILES string of the molecule is CCCCC/C=C\CC1OC1C/C=C\C/C=C\CCCC(=O)OC[C@H](COP(=O)(O)OP(=O)(O)OC[C@H]1O[C@@H](n2ccc(N)nc2=O)[C@H](O)[C@@H]1O)OC(=O)CCCCCCC/C=C\C=C/CCCCCC. The minimum atomic E-state index is -5.44. The molecule has 0 aromatic carbocycles. The first-order valence-electron chi connectivity index (χ1n) is 25.4. The fourth-order valence-electron chi connectivity index (χ4n) is 7.40. The molecule has 3 heterocycles. The van der Waals surface area contributed by atoms with E-state index in [4.69, 9.17) is 33.7 Å². The molecule has 2 fully saturated rings. The molecule has 2 saturated heterocycles. The Bertz CT molecular complexity index is 1990. The molecular weight excluding hydrogens is 961 g/mol. The van der Waals surface area contributed by atoms with Crippen molar-refractivity contribution in [1.82, 2.24) is 9.55 Å². The number of carbonyl (C=O) groups excluding carboxylic acids is 2. The molecule has 21 heteroatoms. The van der Waals surface area contributed by atoms with E-state index in [2.05, 4.69) is 71.8 Å². The van der Waals surface area contributed by atoms with Gasteiger partial charge in [-0.1, -0.05) is 126 Å². The zero-order valence-electron chi connectivity index (χ0n) is 41.7. The molecule has 4 unspecified atom stereocenters. The summed E-state index contributed by atoms with van der Waals surface area (Å²) in [5, 5.41) is 20.9. The molecule has 3 rings (SSSR count). The summed E-state index contributed by atoms with van der Waals surface area (Å²) in [6.07, 6.45) is 34.8. The number of hydrogen-bond acceptors (Lipinski definition) is 16. The zero-order chi connectivity index (χ0) is 51.7. The summed E-state index contributed by atoms with van der Waals surface area (Å²) in [7, 11) is -10.9. The summed E-state index contributed by atoms with van der Waals surface area (Å²) in [6.45, 7) is 2.02. The third-order valence-electron chi connectivity index (χ3n) is 11.5. The van der Waals surface area contributed by atoms with Gasteiger partial charge in [0.05, 0.1) is 25.4 Å². The number of unbranched alkanes of at least 4 members (excludes halogenated alkanes) is 13. The van der Waals surface area contributed by atoms with Crippen molar-refractivity contribution in [2.45, 2.75) is 198 Å². The molecule has 6 N–H and O–H groups in total. The van der Waals surface area contributed by atoms with Crippen LogP contribution in [0.4, 0.5) is 5.82 Å². The van der Waals surface area contributed by atoms with Gasteiger partial charge in [-0.15, -0.1) is 0 Å². The van der Waals surface area contributed by atoms with Gasteiger partial charge in [-0.05, 0) is 83.1 Å². The lowest BCUT2D eigenvalue weighted by atomic mass is 10.1. The number of epoxide rings is 1. The number of rotatable bonds is 40. The highest BCUT2D eigenvalue weighted by molar-refractivity contribution is 7.61. The van der Waals surface area contributed by atoms with Gasteiger partial charge in [0.1, 0.15) is 30.7 Å². The minimum Gasteiger partial charge on any atom is -0.462 e. The number of anilines is 1. The lowest BCUT2D eigenvalue weighted by Crippen LogP contribution is -2.36. The van der Waals surface area contributed by atoms with Crippen LogP contribution in [0.1, 0.15) is 161 Å². The van der Waals surface area contributed by atoms with Crippen molar-refractivity contribution in [3.63, 3.8) is 0 Å². The van der Waals surface area contributed by atoms with Crippen molar-refractivity contribution < 1.29 is 71.0 Å². The van der Waals surface area contributed by atoms with E-state index in [1.807, 2.05) is 12.2 Å². The second-order valence-corrected chi connectivity index (χ2v) is 20.8. The normalized spacial score (nSPS) is 22.5. The molecule has 0 amide bonds. The first-order chi connectivity index (χ1) is 34.1. The molecule has 0 radical (unpaired) electrons. The summed E-state index contributed by atoms with van der Waals surface area (Å²) in [5.41, 5.74) is 4.58. The van der Waals surface area contributed by atoms with Crippen molar-refractivity contribution >= 4 is 33.4 Å². The Morgan fingerprint density at radius 1 is 0.704 bits per heavy atom. The summed E-state index contributed by atoms with van der Waals surface area (Å²) in [4.78, 5) is 61.9. The average Bonchev–Trinajstić information content (AvgIpc) is 4.02. The van der Waals surface area contributed by atoms with Gasteiger partial charge >= 0.3 is 33.3 Å². The van der Waals surface area contributed by atoms with Crippen molar-refractivity contribution in [1.29, 1.82) is 0 Å². The van der Waals surface area contributed by atoms with Crippen LogP contribution in [0.15, 0.2) is 77.8 Å². The van der Waals surface area contributed by atoms with Gasteiger partial charge in [0.2, 0.25) is 0 Å². The van der Waals surface area contributed by atoms with Crippen molar-refractivity contribution in [2.24, 2.45) is 0 Å². The number of esters is 2. The van der Waals surface area contributed by atoms with Crippen LogP contribution < -0.4 is 11.4 Å². The number of aliphatic hydroxyl groups excluding tert-OH is 2. The molecule has 1 aromatic rings. The number of phosphoric acid groups is 2. The standard InChI is InChI=1S/C50H81N3O16P2/c1-3-5-7-9-11-12-13-14-15-16-17-18-21-26-30-34-46(55)66-40(37-63-45(54)33-29-25-22-19-20-24-28-32-42-41(67-42)31-27-23-10-8-6-4-2)38-64-70(59,60)69-71(61,62)65-39-43-47(56)48(57)49(68-43)53-36-35-44(51)52-50(53)58/h12-15,19,22-24,27-28,35-36,40-43,47-49,56-57H,3-11,16-18,20-21,25-26,29-34,37-39H2,1-2H3,(H,59,60)(H,61,62)(H2,51,52,58)/b13-12-,15-14-,22-19-,27-23-,28-24-/t40-,41?,42?,43-,47-,48-,49-/m1/s1. The van der Waals surface area contributed by atoms with Crippen LogP contribution in [0, 0.1) is 0 Å². The topological polar surface area (TPSA) is 278 Å². The van der Waals surface area contributed by atoms with E-state index in [1.54, 1.807) is 0 Å². The summed E-state index contributed by atoms with van der Waals surface area (Å²) >= 11 is 0. The second-order valence-electron chi connectivity index (χ2n) is 17.7. The molecule has 2 aliphatic heterocycles. The molecule has 19 nitrogen and oxygen atoms in total. The van der Waals surface area contributed by atoms with E-state index in [0.29, 0.717) is 25.4 Å². The van der Waals surface area contributed by atoms with Crippen LogP contribution in [-0.4, -0.2) is 97.9 Å². The van der Waals surface area contributed by atoms with Crippen LogP contribution >= 0.6 is 15.6 Å². The Kier molecular flexibility index (Phi) is 30.9. The summed E-state index contributed by atoms with van der Waals surface area (Å²) in [6, 6.07) is 1.24. The molecule has 402 valence electrons. The van der Waals surface area contributed by atoms with Gasteiger partial charge < -0.3 is 44.7 Å². The average molecular weight is 1040 g/mol. The lowest BCUT2D eigenvalue weighted by molar-refractivity contribution is -0.161. The van der Waals surface area contributed by atoms with Crippen molar-refractivity contribution in [2.75, 3.05) is 25.6 Å². The highest BCUT2D eigenvalue weighted by Crippen LogP contribution is 2.60. The number of hydrogen-bond donors (Lipinski definition) is 5. The van der Waals surface area contributed by atoms with Gasteiger partial charge in [-0.3, -0.25) is 23.2 Å². The maximum absolute atomic E-state index is 12.9. The quantitative estimate of drug-likeness (QED) is 0.0102. The van der Waals surface area contributed by atoms with E-state index >= 15 is 0 Å². The summed E-state index contributed by atoms with van der Waals surface area (Å²) < 4.78 is 62.5. The lowest BCUT2D eigenvalue weighted by Gasteiger charge is -2.21. The van der Waals surface area contributed by atoms with Gasteiger partial charge in [-0.25, -0.2) is 13.9 Å². The number of nitrogens with two attached hydrogens (primary N) is 1. The zero-order valence-corrected chi connectivity index (χ0v) is 43.5. The van der Waals surface area contributed by atoms with Crippen LogP contribution in [0.5, 0.6) is 0 Å². The number of nitrogens with zero attached hydrogens (tertiary/aromatic N) is 2. The highest BCUT2D eigenvalue weighted by atomic mass is 31.3. The van der Waals surface area contributed by atoms with E-state index < -0.39 is 83.7 Å². The molecule has 0 saturated carbocycles. The maximum Gasteiger partial charge on any atom is 0.481 e. The number of aromatic nitrogens is 2. The summed E-state index contributed by atoms with van der Waals surface area (Å²) in [5.74, 6) is -1.39. The fraction of sp³-hybridized carbons (Fsp3) is 0.680. The van der Waals surface area contributed by atoms with E-state index in [-0.39, 0.29) is 24.8 Å². The monoisotopic (exact) mass is 1040 g/mol. The van der Waals surface area contributed by atoms with Crippen LogP contribution in [0.3, 0.4) is 0 Å². The van der Waals surface area contributed by atoms with Crippen LogP contribution in [0.2, 0.25) is 0 Å². The number of ether oxygens (including phenoxy) is 4. The van der Waals surface area contributed by atoms with Crippen molar-refractivity contribution in [3.8, 4) is 0 Å². The first kappa shape index (κ1) is 61.7. The van der Waals surface area contributed by atoms with E-state index in [1.165, 1.54) is 51.0 Å². The third kappa shape index (κ3) is 27.9. The number of allylic oxidation sites excluding steroid dienone is 8. The molecule has 0 bridgehead atoms. The fourth-order valence-corrected chi connectivity index (χ4v) is 9.51. The highest BCUT2D eigenvalue weighted by Gasteiger charge is 2.46. The van der Waals surface area contributed by atoms with Gasteiger partial charge in [0, 0.05) is 19.0 Å². The van der Waals surface area contributed by atoms with Gasteiger partial charge in [-0.2, -0.15) is 9.29 Å². The second kappa shape index (κ2) is 35.6. The molecule has 0 aliphatic carbocycles. The number of carbonyl (C=O) groups is 2. The Morgan fingerprint density at radius 2 is 1.27 bits per heavy atom. The molecule has 9 atom stereocenters. The van der Waals surface area contributed by atoms with Gasteiger partial charge in [0.15, 0.2) is 12.3 Å². The minimum absolute atomic E-state index is 0.0156. The van der Waals surface area contributed by atoms with E-state index in [9.17, 15) is 43.5 Å². The largest absolute Gasteiger partial charge is 0.481 e. The molecular formula is C50H81N3O16P2. The maximum atomic E-state index is 12.9. The van der Waals surface area contributed by atoms with Crippen molar-refractivity contribution in [3.05, 3.63) is 83.5 Å². The Hall–Kier alpha value is -3.58. The molecule has 0 spiro atoms.